The molecule has 0 saturated heterocycles. The summed E-state index contributed by atoms with van der Waals surface area (Å²) in [7, 11) is 0. The van der Waals surface area contributed by atoms with Crippen molar-refractivity contribution in [2.24, 2.45) is 0 Å². The molecular weight excluding hydrogens is 424 g/mol. The van der Waals surface area contributed by atoms with E-state index in [1.54, 1.807) is 42.5 Å². The van der Waals surface area contributed by atoms with Crippen LogP contribution in [0.25, 0.3) is 0 Å². The SMILES string of the molecule is Cc1c(O)ccc(C(c2ccc(O)cc2)(c2ccc(O)cc2)C(C)(C)c2ccc(O)cc2)c1C. The van der Waals surface area contributed by atoms with Crippen molar-refractivity contribution in [1.29, 1.82) is 0 Å². The van der Waals surface area contributed by atoms with E-state index < -0.39 is 10.8 Å². The van der Waals surface area contributed by atoms with Gasteiger partial charge in [0.1, 0.15) is 23.0 Å². The van der Waals surface area contributed by atoms with Crippen LogP contribution in [0.15, 0.2) is 84.9 Å². The zero-order valence-electron chi connectivity index (χ0n) is 19.9. The van der Waals surface area contributed by atoms with Crippen LogP contribution in [0.1, 0.15) is 47.2 Å². The first-order chi connectivity index (χ1) is 16.1. The van der Waals surface area contributed by atoms with Crippen LogP contribution in [0.3, 0.4) is 0 Å². The van der Waals surface area contributed by atoms with Crippen LogP contribution < -0.4 is 0 Å². The number of phenolic OH excluding ortho intramolecular Hbond substituents is 4. The Kier molecular flexibility index (Phi) is 5.78. The molecule has 4 aromatic rings. The van der Waals surface area contributed by atoms with Crippen LogP contribution in [0.2, 0.25) is 0 Å². The molecule has 174 valence electrons. The van der Waals surface area contributed by atoms with Gasteiger partial charge in [-0.2, -0.15) is 0 Å². The van der Waals surface area contributed by atoms with E-state index >= 15 is 0 Å². The lowest BCUT2D eigenvalue weighted by Gasteiger charge is -2.50. The van der Waals surface area contributed by atoms with Gasteiger partial charge in [0.15, 0.2) is 0 Å². The van der Waals surface area contributed by atoms with E-state index in [0.29, 0.717) is 0 Å². The molecule has 0 atom stereocenters. The predicted octanol–water partition coefficient (Wildman–Crippen LogP) is 6.44. The normalized spacial score (nSPS) is 12.0. The minimum atomic E-state index is -0.784. The Morgan fingerprint density at radius 3 is 1.26 bits per heavy atom. The Labute approximate surface area is 200 Å². The summed E-state index contributed by atoms with van der Waals surface area (Å²) in [5.74, 6) is 0.763. The topological polar surface area (TPSA) is 80.9 Å². The molecule has 0 saturated carbocycles. The van der Waals surface area contributed by atoms with Gasteiger partial charge in [-0.1, -0.05) is 56.3 Å². The standard InChI is InChI=1S/C30H30O4/c1-19-20(2)28(34)18-17-27(19)30(22-7-13-25(32)14-8-22,23-9-15-26(33)16-10-23)29(3,4)21-5-11-24(31)12-6-21/h5-18,31-34H,1-4H3. The van der Waals surface area contributed by atoms with Crippen LogP contribution in [-0.4, -0.2) is 20.4 Å². The van der Waals surface area contributed by atoms with Crippen LogP contribution in [0.4, 0.5) is 0 Å². The first kappa shape index (κ1) is 23.2. The van der Waals surface area contributed by atoms with Gasteiger partial charge in [0.2, 0.25) is 0 Å². The molecule has 4 N–H and O–H groups in total. The molecule has 4 rings (SSSR count). The first-order valence-corrected chi connectivity index (χ1v) is 11.3. The molecule has 4 heteroatoms. The lowest BCUT2D eigenvalue weighted by Crippen LogP contribution is -2.47. The molecular formula is C30H30O4. The van der Waals surface area contributed by atoms with Gasteiger partial charge in [0.25, 0.3) is 0 Å². The number of benzene rings is 4. The molecule has 0 bridgehead atoms. The van der Waals surface area contributed by atoms with Crippen LogP contribution in [0, 0.1) is 13.8 Å². The van der Waals surface area contributed by atoms with Crippen molar-refractivity contribution in [3.63, 3.8) is 0 Å². The van der Waals surface area contributed by atoms with Crippen LogP contribution in [0.5, 0.6) is 23.0 Å². The molecule has 0 heterocycles. The minimum Gasteiger partial charge on any atom is -0.508 e. The van der Waals surface area contributed by atoms with Gasteiger partial charge < -0.3 is 20.4 Å². The fraction of sp³-hybridized carbons (Fsp3) is 0.200. The molecule has 34 heavy (non-hydrogen) atoms. The van der Waals surface area contributed by atoms with Crippen LogP contribution >= 0.6 is 0 Å². The van der Waals surface area contributed by atoms with Crippen molar-refractivity contribution in [3.05, 3.63) is 118 Å². The highest BCUT2D eigenvalue weighted by Crippen LogP contribution is 2.55. The van der Waals surface area contributed by atoms with Gasteiger partial charge >= 0.3 is 0 Å². The van der Waals surface area contributed by atoms with E-state index in [0.717, 1.165) is 33.4 Å². The Morgan fingerprint density at radius 1 is 0.471 bits per heavy atom. The average molecular weight is 455 g/mol. The third-order valence-corrected chi connectivity index (χ3v) is 7.29. The molecule has 0 unspecified atom stereocenters. The van der Waals surface area contributed by atoms with Gasteiger partial charge in [0, 0.05) is 5.41 Å². The summed E-state index contributed by atoms with van der Waals surface area (Å²) in [4.78, 5) is 0. The summed E-state index contributed by atoms with van der Waals surface area (Å²) in [6, 6.07) is 25.3. The zero-order valence-corrected chi connectivity index (χ0v) is 19.9. The third kappa shape index (κ3) is 3.56. The van der Waals surface area contributed by atoms with E-state index in [9.17, 15) is 20.4 Å². The van der Waals surface area contributed by atoms with Gasteiger partial charge in [0.05, 0.1) is 5.41 Å². The van der Waals surface area contributed by atoms with Crippen LogP contribution in [-0.2, 0) is 10.8 Å². The molecule has 0 aliphatic heterocycles. The minimum absolute atomic E-state index is 0.171. The summed E-state index contributed by atoms with van der Waals surface area (Å²) in [6.45, 7) is 8.22. The number of hydrogen-bond donors (Lipinski definition) is 4. The number of aromatic hydroxyl groups is 4. The highest BCUT2D eigenvalue weighted by Gasteiger charge is 2.51. The maximum atomic E-state index is 10.5. The van der Waals surface area contributed by atoms with Crippen molar-refractivity contribution in [3.8, 4) is 23.0 Å². The summed E-state index contributed by atoms with van der Waals surface area (Å²) < 4.78 is 0. The van der Waals surface area contributed by atoms with Gasteiger partial charge in [-0.05, 0) is 89.7 Å². The van der Waals surface area contributed by atoms with E-state index in [-0.39, 0.29) is 23.0 Å². The second-order valence-electron chi connectivity index (χ2n) is 9.40. The largest absolute Gasteiger partial charge is 0.508 e. The Balaban J connectivity index is 2.20. The first-order valence-electron chi connectivity index (χ1n) is 11.3. The van der Waals surface area contributed by atoms with Crippen molar-refractivity contribution in [2.75, 3.05) is 0 Å². The highest BCUT2D eigenvalue weighted by atomic mass is 16.3. The van der Waals surface area contributed by atoms with Crippen molar-refractivity contribution < 1.29 is 20.4 Å². The molecule has 0 aliphatic rings. The molecule has 0 radical (unpaired) electrons. The molecule has 0 fully saturated rings. The molecule has 4 aromatic carbocycles. The summed E-state index contributed by atoms with van der Waals surface area (Å²) in [5.41, 5.74) is 4.27. The molecule has 0 aromatic heterocycles. The fourth-order valence-corrected chi connectivity index (χ4v) is 5.27. The maximum absolute atomic E-state index is 10.5. The predicted molar refractivity (Wildman–Crippen MR) is 135 cm³/mol. The zero-order chi connectivity index (χ0) is 24.7. The average Bonchev–Trinajstić information content (AvgIpc) is 2.81. The molecule has 0 aliphatic carbocycles. The Morgan fingerprint density at radius 2 is 0.853 bits per heavy atom. The lowest BCUT2D eigenvalue weighted by atomic mass is 9.52. The number of phenols is 4. The number of hydrogen-bond acceptors (Lipinski definition) is 4. The van der Waals surface area contributed by atoms with Gasteiger partial charge in [-0.3, -0.25) is 0 Å². The van der Waals surface area contributed by atoms with E-state index in [1.165, 1.54) is 0 Å². The molecule has 4 nitrogen and oxygen atoms in total. The van der Waals surface area contributed by atoms with E-state index in [1.807, 2.05) is 56.3 Å². The maximum Gasteiger partial charge on any atom is 0.118 e. The second kappa shape index (κ2) is 8.45. The number of rotatable bonds is 5. The van der Waals surface area contributed by atoms with Crippen molar-refractivity contribution in [1.82, 2.24) is 0 Å². The summed E-state index contributed by atoms with van der Waals surface area (Å²) >= 11 is 0. The molecule has 0 amide bonds. The Bertz CT molecular complexity index is 1260. The second-order valence-corrected chi connectivity index (χ2v) is 9.40. The van der Waals surface area contributed by atoms with Crippen molar-refractivity contribution in [2.45, 2.75) is 38.5 Å². The summed E-state index contributed by atoms with van der Waals surface area (Å²) in [6.07, 6.45) is 0. The van der Waals surface area contributed by atoms with E-state index in [4.69, 9.17) is 0 Å². The highest BCUT2D eigenvalue weighted by molar-refractivity contribution is 5.62. The third-order valence-electron chi connectivity index (χ3n) is 7.29. The smallest absolute Gasteiger partial charge is 0.118 e. The quantitative estimate of drug-likeness (QED) is 0.262. The molecule has 0 spiro atoms. The fourth-order valence-electron chi connectivity index (χ4n) is 5.27. The van der Waals surface area contributed by atoms with E-state index in [2.05, 4.69) is 13.8 Å². The van der Waals surface area contributed by atoms with Gasteiger partial charge in [-0.15, -0.1) is 0 Å². The Hall–Kier alpha value is -3.92. The monoisotopic (exact) mass is 454 g/mol. The summed E-state index contributed by atoms with van der Waals surface area (Å²) in [5, 5.41) is 40.6. The van der Waals surface area contributed by atoms with Gasteiger partial charge in [-0.25, -0.2) is 0 Å². The van der Waals surface area contributed by atoms with Crippen molar-refractivity contribution >= 4 is 0 Å². The lowest BCUT2D eigenvalue weighted by molar-refractivity contribution is 0.353.